The first kappa shape index (κ1) is 13.1. The maximum Gasteiger partial charge on any atom is 0.317 e. The van der Waals surface area contributed by atoms with Crippen LogP contribution in [-0.2, 0) is 0 Å². The summed E-state index contributed by atoms with van der Waals surface area (Å²) in [5.74, 6) is 1.06. The van der Waals surface area contributed by atoms with Crippen molar-refractivity contribution < 1.29 is 4.79 Å². The average molecular weight is 256 g/mol. The molecule has 2 aliphatic rings. The molecule has 0 aromatic carbocycles. The van der Waals surface area contributed by atoms with Crippen LogP contribution in [0.5, 0.6) is 0 Å². The molecule has 1 aliphatic heterocycles. The van der Waals surface area contributed by atoms with Crippen LogP contribution in [0.1, 0.15) is 46.0 Å². The fourth-order valence-corrected chi connectivity index (χ4v) is 3.66. The molecular formula is C13H24N2OS. The summed E-state index contributed by atoms with van der Waals surface area (Å²) in [4.78, 5) is 14.1. The van der Waals surface area contributed by atoms with E-state index < -0.39 is 0 Å². The second-order valence-corrected chi connectivity index (χ2v) is 7.58. The maximum absolute atomic E-state index is 12.1. The average Bonchev–Trinajstić information content (AvgIpc) is 2.68. The van der Waals surface area contributed by atoms with Gasteiger partial charge < -0.3 is 10.2 Å². The molecule has 0 spiro atoms. The molecule has 2 amide bonds. The SMILES string of the molecule is CC1(C)CCN(C(=O)NC2CCCC2)CCS1. The van der Waals surface area contributed by atoms with E-state index in [0.717, 1.165) is 25.3 Å². The summed E-state index contributed by atoms with van der Waals surface area (Å²) in [6, 6.07) is 0.599. The van der Waals surface area contributed by atoms with Crippen LogP contribution in [-0.4, -0.2) is 40.6 Å². The van der Waals surface area contributed by atoms with Crippen molar-refractivity contribution in [3.63, 3.8) is 0 Å². The van der Waals surface area contributed by atoms with Gasteiger partial charge in [-0.3, -0.25) is 0 Å². The minimum atomic E-state index is 0.162. The highest BCUT2D eigenvalue weighted by molar-refractivity contribution is 8.00. The third kappa shape index (κ3) is 3.80. The molecule has 2 fully saturated rings. The number of carbonyl (C=O) groups excluding carboxylic acids is 1. The van der Waals surface area contributed by atoms with Crippen molar-refractivity contribution >= 4 is 17.8 Å². The Kier molecular flexibility index (Phi) is 4.23. The summed E-state index contributed by atoms with van der Waals surface area (Å²) in [5.41, 5.74) is 0. The fraction of sp³-hybridized carbons (Fsp3) is 0.923. The molecule has 98 valence electrons. The van der Waals surface area contributed by atoms with Crippen LogP contribution < -0.4 is 5.32 Å². The van der Waals surface area contributed by atoms with E-state index in [4.69, 9.17) is 0 Å². The molecular weight excluding hydrogens is 232 g/mol. The molecule has 0 bridgehead atoms. The van der Waals surface area contributed by atoms with Gasteiger partial charge in [0.2, 0.25) is 0 Å². The van der Waals surface area contributed by atoms with Crippen molar-refractivity contribution in [3.05, 3.63) is 0 Å². The molecule has 17 heavy (non-hydrogen) atoms. The monoisotopic (exact) mass is 256 g/mol. The van der Waals surface area contributed by atoms with Gasteiger partial charge in [0.25, 0.3) is 0 Å². The molecule has 1 saturated carbocycles. The van der Waals surface area contributed by atoms with Gasteiger partial charge in [-0.2, -0.15) is 11.8 Å². The predicted molar refractivity (Wildman–Crippen MR) is 73.5 cm³/mol. The molecule has 1 heterocycles. The minimum Gasteiger partial charge on any atom is -0.335 e. The van der Waals surface area contributed by atoms with Crippen molar-refractivity contribution in [2.75, 3.05) is 18.8 Å². The summed E-state index contributed by atoms with van der Waals surface area (Å²) in [7, 11) is 0. The van der Waals surface area contributed by atoms with Crippen molar-refractivity contribution in [1.29, 1.82) is 0 Å². The third-order valence-corrected chi connectivity index (χ3v) is 5.18. The van der Waals surface area contributed by atoms with E-state index in [1.165, 1.54) is 25.7 Å². The van der Waals surface area contributed by atoms with E-state index in [1.807, 2.05) is 16.7 Å². The standard InChI is InChI=1S/C13H24N2OS/c1-13(2)7-8-15(9-10-17-13)12(16)14-11-5-3-4-6-11/h11H,3-10H2,1-2H3,(H,14,16). The van der Waals surface area contributed by atoms with Gasteiger partial charge in [0, 0.05) is 29.6 Å². The van der Waals surface area contributed by atoms with E-state index in [1.54, 1.807) is 0 Å². The fourth-order valence-electron chi connectivity index (χ4n) is 2.56. The lowest BCUT2D eigenvalue weighted by Gasteiger charge is -2.24. The highest BCUT2D eigenvalue weighted by Gasteiger charge is 2.27. The zero-order valence-corrected chi connectivity index (χ0v) is 11.8. The van der Waals surface area contributed by atoms with Gasteiger partial charge in [-0.15, -0.1) is 0 Å². The van der Waals surface area contributed by atoms with Gasteiger partial charge in [0.15, 0.2) is 0 Å². The summed E-state index contributed by atoms with van der Waals surface area (Å²) >= 11 is 1.98. The second kappa shape index (κ2) is 5.51. The first-order valence-corrected chi connectivity index (χ1v) is 7.75. The van der Waals surface area contributed by atoms with Gasteiger partial charge in [-0.25, -0.2) is 4.79 Å². The molecule has 2 rings (SSSR count). The molecule has 0 unspecified atom stereocenters. The van der Waals surface area contributed by atoms with Gasteiger partial charge in [-0.1, -0.05) is 26.7 Å². The first-order chi connectivity index (χ1) is 8.07. The number of nitrogens with one attached hydrogen (secondary N) is 1. The number of amides is 2. The topological polar surface area (TPSA) is 32.3 Å². The molecule has 4 heteroatoms. The Balaban J connectivity index is 1.82. The summed E-state index contributed by atoms with van der Waals surface area (Å²) in [6.45, 7) is 6.34. The lowest BCUT2D eigenvalue weighted by molar-refractivity contribution is 0.196. The summed E-state index contributed by atoms with van der Waals surface area (Å²) in [6.07, 6.45) is 5.97. The van der Waals surface area contributed by atoms with E-state index in [0.29, 0.717) is 10.8 Å². The van der Waals surface area contributed by atoms with Crippen LogP contribution in [0.4, 0.5) is 4.79 Å². The molecule has 0 atom stereocenters. The number of nitrogens with zero attached hydrogens (tertiary/aromatic N) is 1. The number of hydrogen-bond acceptors (Lipinski definition) is 2. The molecule has 3 nitrogen and oxygen atoms in total. The van der Waals surface area contributed by atoms with E-state index >= 15 is 0 Å². The molecule has 0 aromatic rings. The van der Waals surface area contributed by atoms with Crippen LogP contribution in [0.2, 0.25) is 0 Å². The molecule has 0 radical (unpaired) electrons. The normalized spacial score (nSPS) is 25.6. The Morgan fingerprint density at radius 1 is 1.29 bits per heavy atom. The molecule has 0 aromatic heterocycles. The number of carbonyl (C=O) groups is 1. The Morgan fingerprint density at radius 3 is 2.71 bits per heavy atom. The van der Waals surface area contributed by atoms with Gasteiger partial charge >= 0.3 is 6.03 Å². The lowest BCUT2D eigenvalue weighted by atomic mass is 10.1. The van der Waals surface area contributed by atoms with E-state index in [2.05, 4.69) is 19.2 Å². The van der Waals surface area contributed by atoms with Gasteiger partial charge in [0.05, 0.1) is 0 Å². The third-order valence-electron chi connectivity index (χ3n) is 3.81. The smallest absolute Gasteiger partial charge is 0.317 e. The van der Waals surface area contributed by atoms with Gasteiger partial charge in [0.1, 0.15) is 0 Å². The zero-order chi connectivity index (χ0) is 12.3. The highest BCUT2D eigenvalue weighted by atomic mass is 32.2. The summed E-state index contributed by atoms with van der Waals surface area (Å²) < 4.78 is 0.322. The Hall–Kier alpha value is -0.380. The Bertz CT molecular complexity index is 275. The van der Waals surface area contributed by atoms with Crippen LogP contribution in [0.3, 0.4) is 0 Å². The highest BCUT2D eigenvalue weighted by Crippen LogP contribution is 2.30. The van der Waals surface area contributed by atoms with Crippen LogP contribution >= 0.6 is 11.8 Å². The quantitative estimate of drug-likeness (QED) is 0.782. The lowest BCUT2D eigenvalue weighted by Crippen LogP contribution is -2.45. The van der Waals surface area contributed by atoms with Crippen LogP contribution in [0.15, 0.2) is 0 Å². The number of thioether (sulfide) groups is 1. The van der Waals surface area contributed by atoms with Crippen molar-refractivity contribution in [2.45, 2.75) is 56.7 Å². The summed E-state index contributed by atoms with van der Waals surface area (Å²) in [5, 5.41) is 3.18. The van der Waals surface area contributed by atoms with Crippen LogP contribution in [0, 0.1) is 0 Å². The Morgan fingerprint density at radius 2 is 2.00 bits per heavy atom. The second-order valence-electron chi connectivity index (χ2n) is 5.78. The van der Waals surface area contributed by atoms with Crippen molar-refractivity contribution in [1.82, 2.24) is 10.2 Å². The van der Waals surface area contributed by atoms with Crippen LogP contribution in [0.25, 0.3) is 0 Å². The van der Waals surface area contributed by atoms with Crippen molar-refractivity contribution in [3.8, 4) is 0 Å². The molecule has 1 aliphatic carbocycles. The van der Waals surface area contributed by atoms with Crippen molar-refractivity contribution in [2.24, 2.45) is 0 Å². The molecule has 1 N–H and O–H groups in total. The minimum absolute atomic E-state index is 0.162. The zero-order valence-electron chi connectivity index (χ0n) is 11.0. The maximum atomic E-state index is 12.1. The predicted octanol–water partition coefficient (Wildman–Crippen LogP) is 2.86. The van der Waals surface area contributed by atoms with E-state index in [9.17, 15) is 4.79 Å². The number of urea groups is 1. The largest absolute Gasteiger partial charge is 0.335 e. The first-order valence-electron chi connectivity index (χ1n) is 6.76. The van der Waals surface area contributed by atoms with E-state index in [-0.39, 0.29) is 6.03 Å². The number of rotatable bonds is 1. The van der Waals surface area contributed by atoms with Gasteiger partial charge in [-0.05, 0) is 19.3 Å². The molecule has 1 saturated heterocycles. The Labute approximate surface area is 109 Å². The number of hydrogen-bond donors (Lipinski definition) is 1.